The molecule has 0 unspecified atom stereocenters. The fourth-order valence-corrected chi connectivity index (χ4v) is 3.30. The van der Waals surface area contributed by atoms with Gasteiger partial charge in [0.05, 0.1) is 0 Å². The summed E-state index contributed by atoms with van der Waals surface area (Å²) in [4.78, 5) is 24.2. The van der Waals surface area contributed by atoms with Crippen LogP contribution >= 0.6 is 0 Å². The van der Waals surface area contributed by atoms with Crippen molar-refractivity contribution in [3.8, 4) is 0 Å². The van der Waals surface area contributed by atoms with E-state index in [9.17, 15) is 14.7 Å². The van der Waals surface area contributed by atoms with Gasteiger partial charge in [-0.1, -0.05) is 36.4 Å². The lowest BCUT2D eigenvalue weighted by atomic mass is 9.76. The number of hydrogen-bond donors (Lipinski definition) is 2. The van der Waals surface area contributed by atoms with Crippen LogP contribution in [0.5, 0.6) is 0 Å². The lowest BCUT2D eigenvalue weighted by Crippen LogP contribution is -2.59. The van der Waals surface area contributed by atoms with Gasteiger partial charge in [-0.25, -0.2) is 9.59 Å². The van der Waals surface area contributed by atoms with E-state index in [0.717, 1.165) is 21.9 Å². The summed E-state index contributed by atoms with van der Waals surface area (Å²) in [6, 6.07) is 11.7. The van der Waals surface area contributed by atoms with Crippen LogP contribution in [0.1, 0.15) is 31.9 Å². The topological polar surface area (TPSA) is 75.6 Å². The molecule has 0 saturated heterocycles. The van der Waals surface area contributed by atoms with Gasteiger partial charge in [0.15, 0.2) is 0 Å². The third-order valence-electron chi connectivity index (χ3n) is 4.21. The second-order valence-corrected chi connectivity index (χ2v) is 7.30. The summed E-state index contributed by atoms with van der Waals surface area (Å²) in [7, 11) is 0. The van der Waals surface area contributed by atoms with E-state index in [4.69, 9.17) is 4.74 Å². The molecule has 2 aromatic rings. The summed E-state index contributed by atoms with van der Waals surface area (Å²) < 4.78 is 5.26. The van der Waals surface area contributed by atoms with Gasteiger partial charge in [-0.15, -0.1) is 0 Å². The average Bonchev–Trinajstić information content (AvgIpc) is 2.45. The Bertz CT molecular complexity index is 779. The third-order valence-corrected chi connectivity index (χ3v) is 4.21. The van der Waals surface area contributed by atoms with Crippen molar-refractivity contribution in [2.24, 2.45) is 0 Å². The first-order valence-corrected chi connectivity index (χ1v) is 7.94. The molecule has 0 spiro atoms. The molecule has 0 fully saturated rings. The summed E-state index contributed by atoms with van der Waals surface area (Å²) in [6.45, 7) is 5.24. The zero-order valence-corrected chi connectivity index (χ0v) is 14.1. The summed E-state index contributed by atoms with van der Waals surface area (Å²) in [5, 5.41) is 14.6. The highest BCUT2D eigenvalue weighted by atomic mass is 16.6. The molecule has 0 bridgehead atoms. The van der Waals surface area contributed by atoms with Crippen molar-refractivity contribution in [1.29, 1.82) is 0 Å². The van der Waals surface area contributed by atoms with Crippen LogP contribution in [0.25, 0.3) is 10.8 Å². The molecule has 126 valence electrons. The van der Waals surface area contributed by atoms with Gasteiger partial charge in [-0.05, 0) is 42.7 Å². The average molecular weight is 327 g/mol. The molecule has 0 aliphatic heterocycles. The molecule has 0 aromatic heterocycles. The van der Waals surface area contributed by atoms with Gasteiger partial charge >= 0.3 is 12.1 Å². The van der Waals surface area contributed by atoms with Gasteiger partial charge < -0.3 is 15.2 Å². The van der Waals surface area contributed by atoms with Crippen molar-refractivity contribution in [3.63, 3.8) is 0 Å². The van der Waals surface area contributed by atoms with E-state index in [0.29, 0.717) is 0 Å². The standard InChI is InChI=1S/C19H21NO4/c1-18(2,3)24-17(23)20-19(16(21)22)10-13-8-4-6-12-7-5-9-14(11-19)15(12)13/h4-9H,10-11H2,1-3H3,(H,20,23)(H,21,22). The number of hydrogen-bond acceptors (Lipinski definition) is 3. The predicted octanol–water partition coefficient (Wildman–Crippen LogP) is 3.29. The molecule has 1 amide bonds. The Kier molecular flexibility index (Phi) is 3.74. The third kappa shape index (κ3) is 2.94. The van der Waals surface area contributed by atoms with E-state index >= 15 is 0 Å². The Hall–Kier alpha value is -2.56. The maximum atomic E-state index is 12.2. The van der Waals surface area contributed by atoms with E-state index in [1.807, 2.05) is 36.4 Å². The Morgan fingerprint density at radius 3 is 2.08 bits per heavy atom. The summed E-state index contributed by atoms with van der Waals surface area (Å²) in [5.74, 6) is -1.06. The Morgan fingerprint density at radius 2 is 1.62 bits per heavy atom. The maximum Gasteiger partial charge on any atom is 0.408 e. The monoisotopic (exact) mass is 327 g/mol. The molecular weight excluding hydrogens is 306 g/mol. The first-order valence-electron chi connectivity index (χ1n) is 7.94. The van der Waals surface area contributed by atoms with Crippen LogP contribution in [-0.4, -0.2) is 28.3 Å². The molecule has 3 rings (SSSR count). The maximum absolute atomic E-state index is 12.2. The number of carboxylic acids is 1. The Labute approximate surface area is 140 Å². The highest BCUT2D eigenvalue weighted by Crippen LogP contribution is 2.34. The molecule has 1 aliphatic carbocycles. The molecule has 0 saturated carbocycles. The second kappa shape index (κ2) is 5.51. The molecule has 24 heavy (non-hydrogen) atoms. The largest absolute Gasteiger partial charge is 0.479 e. The summed E-state index contributed by atoms with van der Waals surface area (Å²) >= 11 is 0. The van der Waals surface area contributed by atoms with Gasteiger partial charge in [0.2, 0.25) is 0 Å². The first-order chi connectivity index (χ1) is 11.2. The minimum atomic E-state index is -1.40. The number of alkyl carbamates (subject to hydrolysis) is 1. The molecule has 2 aromatic carbocycles. The van der Waals surface area contributed by atoms with E-state index in [2.05, 4.69) is 5.32 Å². The van der Waals surface area contributed by atoms with Crippen LogP contribution in [0.2, 0.25) is 0 Å². The van der Waals surface area contributed by atoms with Crippen molar-refractivity contribution >= 4 is 22.8 Å². The van der Waals surface area contributed by atoms with E-state index in [-0.39, 0.29) is 12.8 Å². The van der Waals surface area contributed by atoms with Crippen molar-refractivity contribution in [3.05, 3.63) is 47.5 Å². The SMILES string of the molecule is CC(C)(C)OC(=O)NC1(C(=O)O)Cc2cccc3cccc(c23)C1. The number of carbonyl (C=O) groups is 2. The lowest BCUT2D eigenvalue weighted by molar-refractivity contribution is -0.145. The zero-order chi connectivity index (χ0) is 17.5. The minimum absolute atomic E-state index is 0.232. The summed E-state index contributed by atoms with van der Waals surface area (Å²) in [6.07, 6.45) is -0.247. The predicted molar refractivity (Wildman–Crippen MR) is 91.1 cm³/mol. The molecule has 5 heteroatoms. The van der Waals surface area contributed by atoms with Gasteiger partial charge in [0.25, 0.3) is 0 Å². The highest BCUT2D eigenvalue weighted by Gasteiger charge is 2.44. The van der Waals surface area contributed by atoms with Gasteiger partial charge in [0, 0.05) is 12.8 Å². The van der Waals surface area contributed by atoms with Crippen molar-refractivity contribution in [2.45, 2.75) is 44.8 Å². The number of carbonyl (C=O) groups excluding carboxylic acids is 1. The van der Waals surface area contributed by atoms with Crippen LogP contribution in [-0.2, 0) is 22.4 Å². The summed E-state index contributed by atoms with van der Waals surface area (Å²) in [5.41, 5.74) is -0.234. The van der Waals surface area contributed by atoms with E-state index in [1.54, 1.807) is 20.8 Å². The number of rotatable bonds is 2. The molecular formula is C19H21NO4. The van der Waals surface area contributed by atoms with Crippen LogP contribution in [0.4, 0.5) is 4.79 Å². The molecule has 1 aliphatic rings. The normalized spacial score (nSPS) is 15.8. The van der Waals surface area contributed by atoms with E-state index in [1.165, 1.54) is 0 Å². The Morgan fingerprint density at radius 1 is 1.08 bits per heavy atom. The fraction of sp³-hybridized carbons (Fsp3) is 0.368. The van der Waals surface area contributed by atoms with E-state index < -0.39 is 23.2 Å². The highest BCUT2D eigenvalue weighted by molar-refractivity contribution is 5.94. The molecule has 0 atom stereocenters. The lowest BCUT2D eigenvalue weighted by Gasteiger charge is -2.35. The Balaban J connectivity index is 1.99. The molecule has 0 heterocycles. The first kappa shape index (κ1) is 16.3. The quantitative estimate of drug-likeness (QED) is 0.887. The fourth-order valence-electron chi connectivity index (χ4n) is 3.30. The van der Waals surface area contributed by atoms with Crippen molar-refractivity contribution in [2.75, 3.05) is 0 Å². The minimum Gasteiger partial charge on any atom is -0.479 e. The number of ether oxygens (including phenoxy) is 1. The number of aliphatic carboxylic acids is 1. The van der Waals surface area contributed by atoms with Crippen LogP contribution in [0, 0.1) is 0 Å². The van der Waals surface area contributed by atoms with Crippen LogP contribution < -0.4 is 5.32 Å². The number of nitrogens with one attached hydrogen (secondary N) is 1. The number of amides is 1. The number of benzene rings is 2. The van der Waals surface area contributed by atoms with Gasteiger partial charge in [0.1, 0.15) is 11.1 Å². The van der Waals surface area contributed by atoms with Crippen molar-refractivity contribution in [1.82, 2.24) is 5.32 Å². The van der Waals surface area contributed by atoms with Gasteiger partial charge in [-0.3, -0.25) is 0 Å². The zero-order valence-electron chi connectivity index (χ0n) is 14.1. The molecule has 5 nitrogen and oxygen atoms in total. The van der Waals surface area contributed by atoms with Gasteiger partial charge in [-0.2, -0.15) is 0 Å². The number of carboxylic acid groups (broad SMARTS) is 1. The van der Waals surface area contributed by atoms with Crippen LogP contribution in [0.15, 0.2) is 36.4 Å². The second-order valence-electron chi connectivity index (χ2n) is 7.30. The van der Waals surface area contributed by atoms with Crippen LogP contribution in [0.3, 0.4) is 0 Å². The molecule has 2 N–H and O–H groups in total. The smallest absolute Gasteiger partial charge is 0.408 e. The molecule has 0 radical (unpaired) electrons. The van der Waals surface area contributed by atoms with Crippen molar-refractivity contribution < 1.29 is 19.4 Å².